The van der Waals surface area contributed by atoms with Crippen LogP contribution in [0.1, 0.15) is 23.2 Å². The lowest BCUT2D eigenvalue weighted by Gasteiger charge is -2.31. The van der Waals surface area contributed by atoms with E-state index in [1.807, 2.05) is 4.90 Å². The predicted molar refractivity (Wildman–Crippen MR) is 117 cm³/mol. The third-order valence-electron chi connectivity index (χ3n) is 6.71. The molecule has 2 amide bonds. The fourth-order valence-corrected chi connectivity index (χ4v) is 6.10. The molecule has 3 fully saturated rings. The summed E-state index contributed by atoms with van der Waals surface area (Å²) in [6, 6.07) is 5.76. The number of benzene rings is 1. The quantitative estimate of drug-likeness (QED) is 0.540. The number of fused-ring (bicyclic) bond motifs is 1. The number of hydrogen-bond donors (Lipinski definition) is 2. The molecule has 2 atom stereocenters. The molecule has 1 aromatic carbocycles. The first kappa shape index (κ1) is 23.8. The predicted octanol–water partition coefficient (Wildman–Crippen LogP) is 1.07. The van der Waals surface area contributed by atoms with E-state index in [2.05, 4.69) is 17.2 Å². The highest BCUT2D eigenvalue weighted by molar-refractivity contribution is 7.89. The van der Waals surface area contributed by atoms with Crippen LogP contribution in [0.25, 0.3) is 0 Å². The molecule has 1 aliphatic carbocycles. The van der Waals surface area contributed by atoms with E-state index in [-0.39, 0.29) is 47.4 Å². The van der Waals surface area contributed by atoms with Gasteiger partial charge in [0.1, 0.15) is 0 Å². The molecular weight excluding hydrogens is 454 g/mol. The van der Waals surface area contributed by atoms with Gasteiger partial charge >= 0.3 is 0 Å². The summed E-state index contributed by atoms with van der Waals surface area (Å²) in [5.41, 5.74) is 0.329. The van der Waals surface area contributed by atoms with Gasteiger partial charge in [0.05, 0.1) is 4.90 Å². The maximum atomic E-state index is 13.2. The lowest BCUT2D eigenvalue weighted by atomic mass is 10.1. The second kappa shape index (κ2) is 9.11. The number of sulfonamides is 1. The molecular formula is C22H28F2N4O4S. The Labute approximate surface area is 192 Å². The highest BCUT2D eigenvalue weighted by Crippen LogP contribution is 2.47. The maximum Gasteiger partial charge on any atom is 0.251 e. The standard InChI is InChI=1S/C22H28F2N4O4S/c1-2-19(29)26-20-17-13-28(14-18(17)20)33(31,32)16-5-3-15(4-6-16)21(30)25-9-12-27-10-7-22(23,24)8-11-27/h2-6,17-18,20H,1,7-14H2,(H,25,30)(H,26,29). The van der Waals surface area contributed by atoms with Gasteiger partial charge in [0.2, 0.25) is 15.9 Å². The molecule has 0 bridgehead atoms. The van der Waals surface area contributed by atoms with Crippen LogP contribution in [-0.2, 0) is 14.8 Å². The molecule has 4 rings (SSSR count). The number of amides is 2. The number of rotatable bonds is 8. The average Bonchev–Trinajstić information content (AvgIpc) is 3.21. The van der Waals surface area contributed by atoms with Crippen molar-refractivity contribution < 1.29 is 26.8 Å². The highest BCUT2D eigenvalue weighted by Gasteiger charge is 2.58. The summed E-state index contributed by atoms with van der Waals surface area (Å²) in [7, 11) is -3.68. The third-order valence-corrected chi connectivity index (χ3v) is 8.56. The fourth-order valence-electron chi connectivity index (χ4n) is 4.58. The van der Waals surface area contributed by atoms with E-state index in [1.54, 1.807) is 0 Å². The zero-order valence-electron chi connectivity index (χ0n) is 18.2. The molecule has 1 aromatic rings. The largest absolute Gasteiger partial charge is 0.351 e. The van der Waals surface area contributed by atoms with Gasteiger partial charge in [0.15, 0.2) is 0 Å². The van der Waals surface area contributed by atoms with Gasteiger partial charge < -0.3 is 15.5 Å². The van der Waals surface area contributed by atoms with Crippen molar-refractivity contribution in [2.45, 2.75) is 29.7 Å². The number of nitrogens with zero attached hydrogens (tertiary/aromatic N) is 2. The van der Waals surface area contributed by atoms with E-state index < -0.39 is 15.9 Å². The van der Waals surface area contributed by atoms with Crippen molar-refractivity contribution in [1.29, 1.82) is 0 Å². The van der Waals surface area contributed by atoms with Crippen LogP contribution >= 0.6 is 0 Å². The molecule has 2 heterocycles. The van der Waals surface area contributed by atoms with Gasteiger partial charge in [-0.1, -0.05) is 6.58 Å². The molecule has 2 aliphatic heterocycles. The fraction of sp³-hybridized carbons (Fsp3) is 0.545. The Balaban J connectivity index is 1.25. The Bertz CT molecular complexity index is 1010. The smallest absolute Gasteiger partial charge is 0.251 e. The van der Waals surface area contributed by atoms with Gasteiger partial charge in [-0.05, 0) is 42.2 Å². The van der Waals surface area contributed by atoms with Gasteiger partial charge in [0, 0.05) is 63.7 Å². The topological polar surface area (TPSA) is 98.8 Å². The lowest BCUT2D eigenvalue weighted by molar-refractivity contribution is -0.116. The maximum absolute atomic E-state index is 13.2. The van der Waals surface area contributed by atoms with Crippen LogP contribution < -0.4 is 10.6 Å². The van der Waals surface area contributed by atoms with Gasteiger partial charge in [-0.3, -0.25) is 9.59 Å². The first-order valence-corrected chi connectivity index (χ1v) is 12.5. The van der Waals surface area contributed by atoms with Crippen molar-refractivity contribution in [2.24, 2.45) is 11.8 Å². The summed E-state index contributed by atoms with van der Waals surface area (Å²) in [5, 5.41) is 5.57. The summed E-state index contributed by atoms with van der Waals surface area (Å²) < 4.78 is 53.7. The van der Waals surface area contributed by atoms with E-state index in [0.717, 1.165) is 0 Å². The number of likely N-dealkylation sites (tertiary alicyclic amines) is 1. The molecule has 33 heavy (non-hydrogen) atoms. The molecule has 2 unspecified atom stereocenters. The molecule has 1 saturated carbocycles. The Hall–Kier alpha value is -2.37. The van der Waals surface area contributed by atoms with Gasteiger partial charge in [-0.15, -0.1) is 0 Å². The van der Waals surface area contributed by atoms with Gasteiger partial charge in [0.25, 0.3) is 11.8 Å². The SMILES string of the molecule is C=CC(=O)NC1C2CN(S(=O)(=O)c3ccc(C(=O)NCCN4CCC(F)(F)CC4)cc3)CC21. The van der Waals surface area contributed by atoms with Crippen molar-refractivity contribution in [1.82, 2.24) is 19.8 Å². The second-order valence-electron chi connectivity index (χ2n) is 8.87. The van der Waals surface area contributed by atoms with Crippen LogP contribution in [-0.4, -0.2) is 80.7 Å². The molecule has 0 aromatic heterocycles. The molecule has 11 heteroatoms. The van der Waals surface area contributed by atoms with Crippen molar-refractivity contribution in [2.75, 3.05) is 39.3 Å². The minimum atomic E-state index is -3.68. The van der Waals surface area contributed by atoms with Crippen molar-refractivity contribution in [3.05, 3.63) is 42.5 Å². The number of carbonyl (C=O) groups excluding carboxylic acids is 2. The first-order valence-electron chi connectivity index (χ1n) is 11.0. The summed E-state index contributed by atoms with van der Waals surface area (Å²) in [5.74, 6) is -2.97. The molecule has 180 valence electrons. The first-order chi connectivity index (χ1) is 15.6. The minimum absolute atomic E-state index is 0.00514. The molecule has 2 saturated heterocycles. The monoisotopic (exact) mass is 482 g/mol. The van der Waals surface area contributed by atoms with Crippen LogP contribution in [0.2, 0.25) is 0 Å². The number of piperidine rings is 2. The zero-order valence-corrected chi connectivity index (χ0v) is 19.0. The van der Waals surface area contributed by atoms with Crippen LogP contribution in [0.5, 0.6) is 0 Å². The van der Waals surface area contributed by atoms with Gasteiger partial charge in [-0.25, -0.2) is 17.2 Å². The highest BCUT2D eigenvalue weighted by atomic mass is 32.2. The third kappa shape index (κ3) is 5.25. The normalized spacial score (nSPS) is 26.9. The Morgan fingerprint density at radius 2 is 1.73 bits per heavy atom. The lowest BCUT2D eigenvalue weighted by Crippen LogP contribution is -2.43. The Morgan fingerprint density at radius 3 is 2.30 bits per heavy atom. The number of hydrogen-bond acceptors (Lipinski definition) is 5. The summed E-state index contributed by atoms with van der Waals surface area (Å²) in [4.78, 5) is 25.8. The summed E-state index contributed by atoms with van der Waals surface area (Å²) in [6.07, 6.45) is 0.869. The minimum Gasteiger partial charge on any atom is -0.351 e. The molecule has 8 nitrogen and oxygen atoms in total. The van der Waals surface area contributed by atoms with E-state index >= 15 is 0 Å². The van der Waals surface area contributed by atoms with E-state index in [1.165, 1.54) is 34.6 Å². The number of nitrogens with one attached hydrogen (secondary N) is 2. The van der Waals surface area contributed by atoms with Crippen molar-refractivity contribution in [3.63, 3.8) is 0 Å². The van der Waals surface area contributed by atoms with Crippen LogP contribution in [0.3, 0.4) is 0 Å². The molecule has 2 N–H and O–H groups in total. The zero-order chi connectivity index (χ0) is 23.8. The number of alkyl halides is 2. The van der Waals surface area contributed by atoms with E-state index in [4.69, 9.17) is 0 Å². The van der Waals surface area contributed by atoms with Crippen LogP contribution in [0.4, 0.5) is 8.78 Å². The van der Waals surface area contributed by atoms with Crippen molar-refractivity contribution >= 4 is 21.8 Å². The van der Waals surface area contributed by atoms with E-state index in [9.17, 15) is 26.8 Å². The summed E-state index contributed by atoms with van der Waals surface area (Å²) in [6.45, 7) is 5.52. The average molecular weight is 483 g/mol. The van der Waals surface area contributed by atoms with E-state index in [0.29, 0.717) is 44.8 Å². The number of carbonyl (C=O) groups is 2. The Kier molecular flexibility index (Phi) is 6.56. The van der Waals surface area contributed by atoms with Crippen LogP contribution in [0.15, 0.2) is 41.8 Å². The molecule has 0 spiro atoms. The van der Waals surface area contributed by atoms with Crippen molar-refractivity contribution in [3.8, 4) is 0 Å². The van der Waals surface area contributed by atoms with Gasteiger partial charge in [-0.2, -0.15) is 4.31 Å². The van der Waals surface area contributed by atoms with Crippen LogP contribution in [0, 0.1) is 11.8 Å². The Morgan fingerprint density at radius 1 is 1.12 bits per heavy atom. The molecule has 0 radical (unpaired) electrons. The summed E-state index contributed by atoms with van der Waals surface area (Å²) >= 11 is 0. The molecule has 3 aliphatic rings. The second-order valence-corrected chi connectivity index (χ2v) is 10.8. The number of halogens is 2.